The Hall–Kier alpha value is -1.92. The normalized spacial score (nSPS) is 16.4. The molecule has 0 bridgehead atoms. The van der Waals surface area contributed by atoms with Crippen LogP contribution in [-0.2, 0) is 23.3 Å². The summed E-state index contributed by atoms with van der Waals surface area (Å²) in [6.45, 7) is 6.04. The van der Waals surface area contributed by atoms with Crippen molar-refractivity contribution in [2.75, 3.05) is 0 Å². The Labute approximate surface area is 173 Å². The molecule has 6 heteroatoms. The van der Waals surface area contributed by atoms with Crippen LogP contribution in [0.5, 0.6) is 0 Å². The predicted octanol–water partition coefficient (Wildman–Crippen LogP) is 5.67. The van der Waals surface area contributed by atoms with Gasteiger partial charge in [-0.15, -0.1) is 23.1 Å². The molecule has 3 aromatic rings. The van der Waals surface area contributed by atoms with Gasteiger partial charge in [0.1, 0.15) is 16.2 Å². The molecule has 0 N–H and O–H groups in total. The summed E-state index contributed by atoms with van der Waals surface area (Å²) >= 11 is 3.58. The van der Waals surface area contributed by atoms with Gasteiger partial charge >= 0.3 is 5.97 Å². The molecule has 0 aliphatic heterocycles. The Balaban J connectivity index is 1.51. The fourth-order valence-electron chi connectivity index (χ4n) is 3.53. The summed E-state index contributed by atoms with van der Waals surface area (Å²) in [5, 5.41) is 2.33. The second-order valence-electron chi connectivity index (χ2n) is 7.65. The lowest BCUT2D eigenvalue weighted by Gasteiger charge is -2.18. The first-order chi connectivity index (χ1) is 13.5. The predicted molar refractivity (Wildman–Crippen MR) is 115 cm³/mol. The number of benzene rings is 1. The Morgan fingerprint density at radius 1 is 1.29 bits per heavy atom. The number of nitrogens with zero attached hydrogens (tertiary/aromatic N) is 2. The van der Waals surface area contributed by atoms with Gasteiger partial charge in [-0.25, -0.2) is 14.8 Å². The van der Waals surface area contributed by atoms with E-state index in [9.17, 15) is 4.79 Å². The first kappa shape index (κ1) is 19.4. The minimum atomic E-state index is -0.272. The summed E-state index contributed by atoms with van der Waals surface area (Å²) in [4.78, 5) is 23.7. The summed E-state index contributed by atoms with van der Waals surface area (Å²) in [6.07, 6.45) is 5.10. The fourth-order valence-corrected chi connectivity index (χ4v) is 5.92. The van der Waals surface area contributed by atoms with E-state index in [1.165, 1.54) is 22.2 Å². The van der Waals surface area contributed by atoms with Gasteiger partial charge in [0, 0.05) is 16.0 Å². The van der Waals surface area contributed by atoms with Crippen LogP contribution < -0.4 is 0 Å². The highest BCUT2D eigenvalue weighted by Gasteiger charge is 2.23. The summed E-state index contributed by atoms with van der Waals surface area (Å²) in [7, 11) is 0. The van der Waals surface area contributed by atoms with Crippen LogP contribution >= 0.6 is 23.1 Å². The van der Waals surface area contributed by atoms with Crippen LogP contribution in [0, 0.1) is 5.92 Å². The van der Waals surface area contributed by atoms with Gasteiger partial charge in [0.25, 0.3) is 0 Å². The Morgan fingerprint density at radius 3 is 2.82 bits per heavy atom. The van der Waals surface area contributed by atoms with Crippen LogP contribution in [0.1, 0.15) is 53.6 Å². The molecule has 1 atom stereocenters. The second-order valence-corrected chi connectivity index (χ2v) is 9.70. The number of aryl methyl sites for hydroxylation is 1. The first-order valence-corrected chi connectivity index (χ1v) is 11.5. The maximum Gasteiger partial charge on any atom is 0.338 e. The molecule has 28 heavy (non-hydrogen) atoms. The van der Waals surface area contributed by atoms with Crippen LogP contribution in [0.3, 0.4) is 0 Å². The first-order valence-electron chi connectivity index (χ1n) is 9.69. The van der Waals surface area contributed by atoms with Crippen molar-refractivity contribution in [2.45, 2.75) is 56.9 Å². The zero-order valence-electron chi connectivity index (χ0n) is 16.4. The van der Waals surface area contributed by atoms with Crippen LogP contribution in [-0.4, -0.2) is 22.0 Å². The van der Waals surface area contributed by atoms with Gasteiger partial charge in [0.05, 0.1) is 11.7 Å². The van der Waals surface area contributed by atoms with Crippen molar-refractivity contribution in [3.8, 4) is 0 Å². The van der Waals surface area contributed by atoms with E-state index in [2.05, 4.69) is 16.9 Å². The topological polar surface area (TPSA) is 52.1 Å². The van der Waals surface area contributed by atoms with Crippen molar-refractivity contribution in [1.29, 1.82) is 0 Å². The molecule has 146 valence electrons. The average molecular weight is 413 g/mol. The van der Waals surface area contributed by atoms with Crippen molar-refractivity contribution in [2.24, 2.45) is 5.92 Å². The molecule has 2 aromatic heterocycles. The number of hydrogen-bond acceptors (Lipinski definition) is 6. The van der Waals surface area contributed by atoms with E-state index >= 15 is 0 Å². The van der Waals surface area contributed by atoms with Gasteiger partial charge in [-0.05, 0) is 62.3 Å². The van der Waals surface area contributed by atoms with Gasteiger partial charge in [-0.3, -0.25) is 0 Å². The minimum Gasteiger partial charge on any atom is -0.459 e. The number of hydrogen-bond donors (Lipinski definition) is 0. The molecule has 0 fully saturated rings. The summed E-state index contributed by atoms with van der Waals surface area (Å²) in [5.41, 5.74) is 3.22. The maximum absolute atomic E-state index is 12.0. The molecule has 0 saturated heterocycles. The third-order valence-corrected chi connectivity index (χ3v) is 7.19. The second kappa shape index (κ2) is 8.21. The highest BCUT2D eigenvalue weighted by molar-refractivity contribution is 7.98. The molecule has 1 aliphatic carbocycles. The largest absolute Gasteiger partial charge is 0.459 e. The van der Waals surface area contributed by atoms with E-state index in [1.807, 2.05) is 49.4 Å². The minimum absolute atomic E-state index is 0.109. The number of thioether (sulfide) groups is 1. The number of carbonyl (C=O) groups excluding carboxylic acids is 1. The Morgan fingerprint density at radius 2 is 2.07 bits per heavy atom. The molecule has 1 aliphatic rings. The average Bonchev–Trinajstić information content (AvgIpc) is 3.04. The monoisotopic (exact) mass is 412 g/mol. The van der Waals surface area contributed by atoms with Gasteiger partial charge in [-0.2, -0.15) is 0 Å². The lowest BCUT2D eigenvalue weighted by Crippen LogP contribution is -2.11. The highest BCUT2D eigenvalue weighted by Crippen LogP contribution is 2.41. The van der Waals surface area contributed by atoms with E-state index in [0.717, 1.165) is 39.9 Å². The summed E-state index contributed by atoms with van der Waals surface area (Å²) in [5.74, 6) is 1.29. The number of esters is 1. The fraction of sp³-hybridized carbons (Fsp3) is 0.409. The van der Waals surface area contributed by atoms with E-state index < -0.39 is 0 Å². The number of rotatable bonds is 5. The quantitative estimate of drug-likeness (QED) is 0.307. The number of ether oxygens (including phenoxy) is 1. The molecular formula is C22H24N2O2S2. The Kier molecular flexibility index (Phi) is 5.69. The SMILES string of the molecule is CC(C)OC(=O)c1ccc(CSc2ncnc3sc4c(c23)CC[C@@H](C)C4)cc1. The molecule has 0 spiro atoms. The van der Waals surface area contributed by atoms with E-state index in [1.54, 1.807) is 18.1 Å². The maximum atomic E-state index is 12.0. The van der Waals surface area contributed by atoms with Gasteiger partial charge in [0.2, 0.25) is 0 Å². The molecule has 4 nitrogen and oxygen atoms in total. The molecule has 0 amide bonds. The van der Waals surface area contributed by atoms with Crippen molar-refractivity contribution in [3.63, 3.8) is 0 Å². The molecule has 4 rings (SSSR count). The van der Waals surface area contributed by atoms with Crippen LogP contribution in [0.25, 0.3) is 10.2 Å². The zero-order chi connectivity index (χ0) is 19.7. The van der Waals surface area contributed by atoms with E-state index in [-0.39, 0.29) is 12.1 Å². The smallest absolute Gasteiger partial charge is 0.338 e. The van der Waals surface area contributed by atoms with Crippen molar-refractivity contribution >= 4 is 39.3 Å². The van der Waals surface area contributed by atoms with Gasteiger partial charge in [-0.1, -0.05) is 19.1 Å². The van der Waals surface area contributed by atoms with E-state index in [4.69, 9.17) is 4.74 Å². The number of fused-ring (bicyclic) bond motifs is 3. The standard InChI is InChI=1S/C22H24N2O2S2/c1-13(2)26-22(25)16-7-5-15(6-8-16)11-27-20-19-17-9-4-14(3)10-18(17)28-21(19)24-12-23-20/h5-8,12-14H,4,9-11H2,1-3H3/t14-/m1/s1. The van der Waals surface area contributed by atoms with Crippen molar-refractivity contribution in [1.82, 2.24) is 9.97 Å². The molecule has 0 radical (unpaired) electrons. The summed E-state index contributed by atoms with van der Waals surface area (Å²) in [6, 6.07) is 7.66. The lowest BCUT2D eigenvalue weighted by atomic mass is 9.89. The number of thiophene rings is 1. The molecular weight excluding hydrogens is 388 g/mol. The van der Waals surface area contributed by atoms with Crippen molar-refractivity contribution in [3.05, 3.63) is 52.2 Å². The molecule has 0 unspecified atom stereocenters. The van der Waals surface area contributed by atoms with Crippen LogP contribution in [0.4, 0.5) is 0 Å². The summed E-state index contributed by atoms with van der Waals surface area (Å²) < 4.78 is 5.25. The molecule has 2 heterocycles. The lowest BCUT2D eigenvalue weighted by molar-refractivity contribution is 0.0378. The number of carbonyl (C=O) groups is 1. The van der Waals surface area contributed by atoms with Gasteiger partial charge in [0.15, 0.2) is 0 Å². The molecule has 0 saturated carbocycles. The third kappa shape index (κ3) is 4.08. The number of aromatic nitrogens is 2. The van der Waals surface area contributed by atoms with Crippen LogP contribution in [0.2, 0.25) is 0 Å². The zero-order valence-corrected chi connectivity index (χ0v) is 18.0. The van der Waals surface area contributed by atoms with E-state index in [0.29, 0.717) is 5.56 Å². The molecule has 1 aromatic carbocycles. The van der Waals surface area contributed by atoms with Crippen molar-refractivity contribution < 1.29 is 9.53 Å². The Bertz CT molecular complexity index is 996. The van der Waals surface area contributed by atoms with Gasteiger partial charge < -0.3 is 4.74 Å². The third-order valence-electron chi connectivity index (χ3n) is 4.96. The highest BCUT2D eigenvalue weighted by atomic mass is 32.2. The van der Waals surface area contributed by atoms with Crippen LogP contribution in [0.15, 0.2) is 35.6 Å².